The van der Waals surface area contributed by atoms with Crippen molar-refractivity contribution in [3.63, 3.8) is 0 Å². The minimum atomic E-state index is -3.34. The highest BCUT2D eigenvalue weighted by atomic mass is 32.2. The molecule has 1 atom stereocenters. The Labute approximate surface area is 243 Å². The van der Waals surface area contributed by atoms with E-state index in [4.69, 9.17) is 14.5 Å². The van der Waals surface area contributed by atoms with Gasteiger partial charge in [-0.25, -0.2) is 13.4 Å². The van der Waals surface area contributed by atoms with E-state index in [2.05, 4.69) is 24.6 Å². The van der Waals surface area contributed by atoms with Crippen LogP contribution in [0.15, 0.2) is 65.7 Å². The summed E-state index contributed by atoms with van der Waals surface area (Å²) in [6.45, 7) is 11.3. The van der Waals surface area contributed by atoms with Gasteiger partial charge in [0.05, 0.1) is 22.0 Å². The van der Waals surface area contributed by atoms with Crippen LogP contribution in [-0.2, 0) is 26.1 Å². The zero-order valence-corrected chi connectivity index (χ0v) is 26.5. The second-order valence-electron chi connectivity index (χ2n) is 11.5. The Kier molecular flexibility index (Phi) is 9.00. The van der Waals surface area contributed by atoms with Gasteiger partial charge in [0.1, 0.15) is 23.9 Å². The van der Waals surface area contributed by atoms with E-state index < -0.39 is 17.9 Å². The van der Waals surface area contributed by atoms with Gasteiger partial charge < -0.3 is 14.4 Å². The molecule has 0 bridgehead atoms. The summed E-state index contributed by atoms with van der Waals surface area (Å²) >= 11 is 0. The van der Waals surface area contributed by atoms with Gasteiger partial charge in [-0.15, -0.1) is 0 Å². The number of hydrogen-bond donors (Lipinski definition) is 0. The third-order valence-corrected chi connectivity index (χ3v) is 9.83. The number of pyridine rings is 1. The van der Waals surface area contributed by atoms with E-state index >= 15 is 0 Å². The monoisotopic (exact) mass is 594 g/mol. The molecule has 2 aromatic carbocycles. The molecule has 0 aliphatic carbocycles. The van der Waals surface area contributed by atoms with Crippen molar-refractivity contribution in [2.45, 2.75) is 57.2 Å². The fourth-order valence-electron chi connectivity index (χ4n) is 4.30. The first kappa shape index (κ1) is 30.4. The van der Waals surface area contributed by atoms with E-state index in [1.165, 1.54) is 25.3 Å². The van der Waals surface area contributed by atoms with Crippen LogP contribution >= 0.6 is 0 Å². The maximum absolute atomic E-state index is 12.3. The Morgan fingerprint density at radius 1 is 1.10 bits per heavy atom. The summed E-state index contributed by atoms with van der Waals surface area (Å²) in [7, 11) is -2.87. The highest BCUT2D eigenvalue weighted by molar-refractivity contribution is 7.90. The maximum Gasteiger partial charge on any atom is 0.219 e. The normalized spacial score (nSPS) is 12.9. The van der Waals surface area contributed by atoms with Gasteiger partial charge in [0.15, 0.2) is 15.7 Å². The second-order valence-corrected chi connectivity index (χ2v) is 19.1. The molecule has 0 aliphatic rings. The van der Waals surface area contributed by atoms with Crippen molar-refractivity contribution < 1.29 is 22.7 Å². The number of benzene rings is 2. The molecule has 4 rings (SSSR count). The van der Waals surface area contributed by atoms with Crippen LogP contribution in [0.25, 0.3) is 22.6 Å². The van der Waals surface area contributed by atoms with Crippen molar-refractivity contribution in [3.8, 4) is 23.0 Å². The number of aromatic nitrogens is 3. The van der Waals surface area contributed by atoms with Crippen molar-refractivity contribution in [1.82, 2.24) is 19.4 Å². The van der Waals surface area contributed by atoms with Crippen LogP contribution in [0, 0.1) is 0 Å². The molecule has 2 heterocycles. The van der Waals surface area contributed by atoms with Crippen molar-refractivity contribution in [2.75, 3.05) is 19.9 Å². The minimum Gasteiger partial charge on any atom is -0.457 e. The van der Waals surface area contributed by atoms with Gasteiger partial charge in [-0.1, -0.05) is 25.7 Å². The van der Waals surface area contributed by atoms with Gasteiger partial charge in [0.2, 0.25) is 5.91 Å². The summed E-state index contributed by atoms with van der Waals surface area (Å²) < 4.78 is 38.4. The van der Waals surface area contributed by atoms with E-state index in [1.54, 1.807) is 30.3 Å². The van der Waals surface area contributed by atoms with E-state index in [0.29, 0.717) is 29.6 Å². The van der Waals surface area contributed by atoms with Crippen LogP contribution in [0.5, 0.6) is 11.5 Å². The maximum atomic E-state index is 12.3. The molecule has 0 aliphatic heterocycles. The number of amides is 1. The molecule has 218 valence electrons. The molecule has 0 N–H and O–H groups in total. The lowest BCUT2D eigenvalue weighted by Crippen LogP contribution is -2.27. The van der Waals surface area contributed by atoms with Crippen LogP contribution in [-0.4, -0.2) is 61.7 Å². The zero-order valence-electron chi connectivity index (χ0n) is 24.7. The molecule has 1 unspecified atom stereocenters. The van der Waals surface area contributed by atoms with Crippen molar-refractivity contribution in [3.05, 3.63) is 66.4 Å². The summed E-state index contributed by atoms with van der Waals surface area (Å²) in [6, 6.07) is 16.5. The number of fused-ring (bicyclic) bond motifs is 1. The largest absolute Gasteiger partial charge is 0.457 e. The number of imidazole rings is 1. The first-order valence-electron chi connectivity index (χ1n) is 13.5. The molecule has 0 radical (unpaired) electrons. The van der Waals surface area contributed by atoms with Gasteiger partial charge in [0, 0.05) is 52.7 Å². The van der Waals surface area contributed by atoms with Crippen LogP contribution in [0.2, 0.25) is 25.7 Å². The number of sulfone groups is 1. The molecule has 0 spiro atoms. The molecule has 11 heteroatoms. The molecule has 4 aromatic rings. The quantitative estimate of drug-likeness (QED) is 0.152. The van der Waals surface area contributed by atoms with Crippen molar-refractivity contribution in [2.24, 2.45) is 0 Å². The lowest BCUT2D eigenvalue weighted by atomic mass is 10.0. The second kappa shape index (κ2) is 12.1. The first-order chi connectivity index (χ1) is 19.2. The Hall–Kier alpha value is -3.54. The van der Waals surface area contributed by atoms with Crippen molar-refractivity contribution >= 4 is 34.9 Å². The summed E-state index contributed by atoms with van der Waals surface area (Å²) in [5.74, 6) is 1.58. The molecule has 0 saturated heterocycles. The first-order valence-corrected chi connectivity index (χ1v) is 19.1. The van der Waals surface area contributed by atoms with E-state index in [9.17, 15) is 13.2 Å². The number of hydrogen-bond acceptors (Lipinski definition) is 7. The van der Waals surface area contributed by atoms with Gasteiger partial charge in [-0.05, 0) is 55.4 Å². The number of nitrogens with zero attached hydrogens (tertiary/aromatic N) is 4. The molecular formula is C30H38N4O5SSi. The predicted molar refractivity (Wildman–Crippen MR) is 164 cm³/mol. The summed E-state index contributed by atoms with van der Waals surface area (Å²) in [5, 5.41) is 0. The number of ether oxygens (including phenoxy) is 2. The predicted octanol–water partition coefficient (Wildman–Crippen LogP) is 6.15. The molecule has 9 nitrogen and oxygen atoms in total. The van der Waals surface area contributed by atoms with Crippen LogP contribution in [0.1, 0.15) is 25.5 Å². The highest BCUT2D eigenvalue weighted by Gasteiger charge is 2.23. The Balaban J connectivity index is 1.84. The molecule has 1 amide bonds. The average Bonchev–Trinajstić information content (AvgIpc) is 3.26. The smallest absolute Gasteiger partial charge is 0.219 e. The van der Waals surface area contributed by atoms with E-state index in [1.807, 2.05) is 41.8 Å². The molecule has 41 heavy (non-hydrogen) atoms. The third-order valence-electron chi connectivity index (χ3n) is 7.00. The minimum absolute atomic E-state index is 0.0865. The zero-order chi connectivity index (χ0) is 29.9. The van der Waals surface area contributed by atoms with E-state index in [-0.39, 0.29) is 23.6 Å². The van der Waals surface area contributed by atoms with Gasteiger partial charge in [-0.3, -0.25) is 14.3 Å². The topological polar surface area (TPSA) is 104 Å². The van der Waals surface area contributed by atoms with Crippen LogP contribution < -0.4 is 4.74 Å². The Morgan fingerprint density at radius 2 is 1.80 bits per heavy atom. The number of rotatable bonds is 11. The Bertz CT molecular complexity index is 1630. The lowest BCUT2D eigenvalue weighted by Gasteiger charge is -2.26. The Morgan fingerprint density at radius 3 is 2.39 bits per heavy atom. The fraction of sp³-hybridized carbons (Fsp3) is 0.367. The van der Waals surface area contributed by atoms with Crippen LogP contribution in [0.3, 0.4) is 0 Å². The molecule has 2 aromatic heterocycles. The van der Waals surface area contributed by atoms with E-state index in [0.717, 1.165) is 22.6 Å². The molecular weight excluding hydrogens is 557 g/mol. The SMILES string of the molecule is CC(=O)N(C)C(C)c1cc2nc(-c3ccccn3)n(COCC[Si](C)(C)C)c2cc1Oc1ccc(S(C)(=O)=O)cc1. The lowest BCUT2D eigenvalue weighted by molar-refractivity contribution is -0.129. The summed E-state index contributed by atoms with van der Waals surface area (Å²) in [5.41, 5.74) is 2.99. The van der Waals surface area contributed by atoms with Gasteiger partial charge in [-0.2, -0.15) is 0 Å². The standard InChI is InChI=1S/C30H38N4O5SSi/c1-21(33(3)22(2)35)25-18-27-28(19-29(25)39-23-11-13-24(14-12-23)40(4,36)37)34(20-38-16-17-41(5,6)7)30(32-27)26-10-8-9-15-31-26/h8-15,18-19,21H,16-17,20H2,1-7H3. The van der Waals surface area contributed by atoms with Crippen molar-refractivity contribution in [1.29, 1.82) is 0 Å². The third kappa shape index (κ3) is 7.40. The highest BCUT2D eigenvalue weighted by Crippen LogP contribution is 2.37. The average molecular weight is 595 g/mol. The number of carbonyl (C=O) groups excluding carboxylic acids is 1. The van der Waals surface area contributed by atoms with Gasteiger partial charge >= 0.3 is 0 Å². The molecule has 0 fully saturated rings. The number of carbonyl (C=O) groups is 1. The fourth-order valence-corrected chi connectivity index (χ4v) is 5.69. The summed E-state index contributed by atoms with van der Waals surface area (Å²) in [4.78, 5) is 23.6. The molecule has 0 saturated carbocycles. The summed E-state index contributed by atoms with van der Waals surface area (Å²) in [6.07, 6.45) is 2.90. The van der Waals surface area contributed by atoms with Gasteiger partial charge in [0.25, 0.3) is 0 Å². The van der Waals surface area contributed by atoms with Crippen LogP contribution in [0.4, 0.5) is 0 Å².